The van der Waals surface area contributed by atoms with Gasteiger partial charge >= 0.3 is 0 Å². The zero-order valence-electron chi connectivity index (χ0n) is 12.8. The Kier molecular flexibility index (Phi) is 4.95. The van der Waals surface area contributed by atoms with E-state index in [9.17, 15) is 13.6 Å². The number of amides is 1. The molecule has 1 heterocycles. The van der Waals surface area contributed by atoms with Gasteiger partial charge in [-0.25, -0.2) is 13.8 Å². The number of benzene rings is 2. The molecule has 0 saturated carbocycles. The lowest BCUT2D eigenvalue weighted by molar-refractivity contribution is -0.115. The second kappa shape index (κ2) is 7.32. The number of aromatic amines is 1. The van der Waals surface area contributed by atoms with E-state index in [1.165, 1.54) is 11.8 Å². The molecule has 2 aromatic carbocycles. The molecule has 5 nitrogen and oxygen atoms in total. The van der Waals surface area contributed by atoms with Gasteiger partial charge in [0.25, 0.3) is 0 Å². The predicted octanol–water partition coefficient (Wildman–Crippen LogP) is 3.83. The third-order valence-corrected chi connectivity index (χ3v) is 4.22. The zero-order valence-corrected chi connectivity index (χ0v) is 13.7. The highest BCUT2D eigenvalue weighted by Crippen LogP contribution is 2.22. The second-order valence-electron chi connectivity index (χ2n) is 5.16. The van der Waals surface area contributed by atoms with Crippen molar-refractivity contribution in [1.29, 1.82) is 5.26 Å². The number of anilines is 1. The molecule has 0 aliphatic carbocycles. The van der Waals surface area contributed by atoms with Crippen LogP contribution in [0.15, 0.2) is 41.6 Å². The number of H-pyrrole nitrogens is 1. The number of halogens is 2. The fourth-order valence-corrected chi connectivity index (χ4v) is 3.01. The first-order chi connectivity index (χ1) is 12.0. The maximum absolute atomic E-state index is 13.2. The minimum absolute atomic E-state index is 0.198. The van der Waals surface area contributed by atoms with Crippen LogP contribution in [-0.2, 0) is 4.79 Å². The summed E-state index contributed by atoms with van der Waals surface area (Å²) < 4.78 is 26.3. The Bertz CT molecular complexity index is 941. The molecular weight excluding hydrogens is 346 g/mol. The molecule has 3 rings (SSSR count). The predicted molar refractivity (Wildman–Crippen MR) is 91.1 cm³/mol. The molecule has 0 unspecified atom stereocenters. The molecule has 3 aromatic rings. The van der Waals surface area contributed by atoms with Crippen LogP contribution >= 0.6 is 11.8 Å². The maximum Gasteiger partial charge on any atom is 0.225 e. The summed E-state index contributed by atoms with van der Waals surface area (Å²) in [7, 11) is 0. The highest BCUT2D eigenvalue weighted by Gasteiger charge is 2.10. The number of hydrogen-bond acceptors (Lipinski definition) is 4. The average molecular weight is 358 g/mol. The molecule has 8 heteroatoms. The number of hydrogen-bond donors (Lipinski definition) is 2. The number of nitrogens with one attached hydrogen (secondary N) is 2. The van der Waals surface area contributed by atoms with Crippen molar-refractivity contribution in [1.82, 2.24) is 9.97 Å². The van der Waals surface area contributed by atoms with Gasteiger partial charge in [-0.05, 0) is 18.2 Å². The zero-order chi connectivity index (χ0) is 17.8. The van der Waals surface area contributed by atoms with E-state index in [-0.39, 0.29) is 12.3 Å². The topological polar surface area (TPSA) is 81.6 Å². The Morgan fingerprint density at radius 1 is 1.28 bits per heavy atom. The van der Waals surface area contributed by atoms with E-state index in [0.29, 0.717) is 33.2 Å². The van der Waals surface area contributed by atoms with Crippen LogP contribution in [0.1, 0.15) is 12.0 Å². The quantitative estimate of drug-likeness (QED) is 0.679. The summed E-state index contributed by atoms with van der Waals surface area (Å²) in [6.45, 7) is 0. The van der Waals surface area contributed by atoms with Crippen LogP contribution in [0.3, 0.4) is 0 Å². The lowest BCUT2D eigenvalue weighted by Crippen LogP contribution is -2.12. The molecule has 0 saturated heterocycles. The number of nitrogens with zero attached hydrogens (tertiary/aromatic N) is 2. The first-order valence-corrected chi connectivity index (χ1v) is 8.31. The minimum Gasteiger partial charge on any atom is -0.333 e. The van der Waals surface area contributed by atoms with Gasteiger partial charge in [0.2, 0.25) is 5.91 Å². The van der Waals surface area contributed by atoms with Gasteiger partial charge in [0.05, 0.1) is 22.7 Å². The Balaban J connectivity index is 1.55. The van der Waals surface area contributed by atoms with E-state index in [2.05, 4.69) is 15.3 Å². The van der Waals surface area contributed by atoms with E-state index in [4.69, 9.17) is 5.26 Å². The van der Waals surface area contributed by atoms with Crippen molar-refractivity contribution in [2.24, 2.45) is 0 Å². The van der Waals surface area contributed by atoms with E-state index in [0.717, 1.165) is 12.1 Å². The van der Waals surface area contributed by atoms with Crippen molar-refractivity contribution in [2.45, 2.75) is 11.6 Å². The van der Waals surface area contributed by atoms with Gasteiger partial charge in [0.1, 0.15) is 0 Å². The highest BCUT2D eigenvalue weighted by atomic mass is 32.2. The fraction of sp³-hybridized carbons (Fsp3) is 0.118. The van der Waals surface area contributed by atoms with Crippen LogP contribution in [0, 0.1) is 23.0 Å². The molecule has 0 aliphatic heterocycles. The number of fused-ring (bicyclic) bond motifs is 1. The van der Waals surface area contributed by atoms with Crippen molar-refractivity contribution in [3.05, 3.63) is 53.6 Å². The number of rotatable bonds is 5. The third kappa shape index (κ3) is 4.14. The van der Waals surface area contributed by atoms with E-state index >= 15 is 0 Å². The summed E-state index contributed by atoms with van der Waals surface area (Å²) >= 11 is 1.28. The molecular formula is C17H12F2N4OS. The van der Waals surface area contributed by atoms with Crippen molar-refractivity contribution in [2.75, 3.05) is 11.1 Å². The molecule has 1 aromatic heterocycles. The van der Waals surface area contributed by atoms with Crippen molar-refractivity contribution < 1.29 is 13.6 Å². The smallest absolute Gasteiger partial charge is 0.225 e. The van der Waals surface area contributed by atoms with Gasteiger partial charge in [0, 0.05) is 30.0 Å². The van der Waals surface area contributed by atoms with Crippen molar-refractivity contribution in [3.8, 4) is 6.07 Å². The van der Waals surface area contributed by atoms with Gasteiger partial charge in [-0.3, -0.25) is 4.79 Å². The lowest BCUT2D eigenvalue weighted by Gasteiger charge is -2.04. The number of nitriles is 1. The molecule has 0 spiro atoms. The van der Waals surface area contributed by atoms with Gasteiger partial charge in [0.15, 0.2) is 16.8 Å². The van der Waals surface area contributed by atoms with E-state index < -0.39 is 11.6 Å². The molecule has 0 atom stereocenters. The van der Waals surface area contributed by atoms with E-state index in [1.54, 1.807) is 24.3 Å². The Hall–Kier alpha value is -2.92. The monoisotopic (exact) mass is 358 g/mol. The molecule has 0 bridgehead atoms. The molecule has 25 heavy (non-hydrogen) atoms. The molecule has 126 valence electrons. The molecule has 0 radical (unpaired) electrons. The second-order valence-corrected chi connectivity index (χ2v) is 6.25. The first kappa shape index (κ1) is 16.9. The minimum atomic E-state index is -0.950. The van der Waals surface area contributed by atoms with Crippen LogP contribution in [-0.4, -0.2) is 21.6 Å². The molecule has 1 amide bonds. The summed E-state index contributed by atoms with van der Waals surface area (Å²) in [5, 5.41) is 12.0. The Labute approximate surface area is 146 Å². The number of carbonyl (C=O) groups excluding carboxylic acids is 1. The molecule has 2 N–H and O–H groups in total. The standard InChI is InChI=1S/C17H12F2N4OS/c18-12-7-14-15(8-13(12)19)23-17(22-14)25-5-4-16(24)21-11-3-1-2-10(6-11)9-20/h1-3,6-8H,4-5H2,(H,21,24)(H,22,23). The van der Waals surface area contributed by atoms with Crippen LogP contribution < -0.4 is 5.32 Å². The van der Waals surface area contributed by atoms with Crippen LogP contribution in [0.5, 0.6) is 0 Å². The SMILES string of the molecule is N#Cc1cccc(NC(=O)CCSc2nc3cc(F)c(F)cc3[nH]2)c1. The third-order valence-electron chi connectivity index (χ3n) is 3.35. The van der Waals surface area contributed by atoms with Gasteiger partial charge in [-0.2, -0.15) is 5.26 Å². The fourth-order valence-electron chi connectivity index (χ4n) is 2.18. The summed E-state index contributed by atoms with van der Waals surface area (Å²) in [4.78, 5) is 19.0. The van der Waals surface area contributed by atoms with Crippen molar-refractivity contribution in [3.63, 3.8) is 0 Å². The number of imidazole rings is 1. The number of aromatic nitrogens is 2. The van der Waals surface area contributed by atoms with Gasteiger partial charge in [-0.1, -0.05) is 17.8 Å². The lowest BCUT2D eigenvalue weighted by atomic mass is 10.2. The normalized spacial score (nSPS) is 10.6. The largest absolute Gasteiger partial charge is 0.333 e. The van der Waals surface area contributed by atoms with Crippen LogP contribution in [0.4, 0.5) is 14.5 Å². The summed E-state index contributed by atoms with van der Waals surface area (Å²) in [5.74, 6) is -1.65. The van der Waals surface area contributed by atoms with Gasteiger partial charge < -0.3 is 10.3 Å². The highest BCUT2D eigenvalue weighted by molar-refractivity contribution is 7.99. The molecule has 0 fully saturated rings. The summed E-state index contributed by atoms with van der Waals surface area (Å²) in [5.41, 5.74) is 1.76. The van der Waals surface area contributed by atoms with Gasteiger partial charge in [-0.15, -0.1) is 0 Å². The molecule has 0 aliphatic rings. The summed E-state index contributed by atoms with van der Waals surface area (Å²) in [6, 6.07) is 10.7. The number of carbonyl (C=O) groups is 1. The van der Waals surface area contributed by atoms with Crippen LogP contribution in [0.2, 0.25) is 0 Å². The van der Waals surface area contributed by atoms with Crippen molar-refractivity contribution >= 4 is 34.4 Å². The summed E-state index contributed by atoms with van der Waals surface area (Å²) in [6.07, 6.45) is 0.223. The average Bonchev–Trinajstić information content (AvgIpc) is 2.97. The van der Waals surface area contributed by atoms with E-state index in [1.807, 2.05) is 6.07 Å². The first-order valence-electron chi connectivity index (χ1n) is 7.33. The Morgan fingerprint density at radius 2 is 2.08 bits per heavy atom. The number of thioether (sulfide) groups is 1. The van der Waals surface area contributed by atoms with Crippen LogP contribution in [0.25, 0.3) is 11.0 Å². The maximum atomic E-state index is 13.2. The Morgan fingerprint density at radius 3 is 2.88 bits per heavy atom.